The Labute approximate surface area is 108 Å². The Balaban J connectivity index is 2.01. The molecular weight excluding hydrogens is 254 g/mol. The van der Waals surface area contributed by atoms with Gasteiger partial charge in [-0.2, -0.15) is 5.10 Å². The van der Waals surface area contributed by atoms with E-state index in [4.69, 9.17) is 4.74 Å². The van der Waals surface area contributed by atoms with Crippen LogP contribution in [0, 0.1) is 11.6 Å². The van der Waals surface area contributed by atoms with Crippen molar-refractivity contribution in [2.24, 2.45) is 7.05 Å². The standard InChI is InChI=1S/C13H12F2N2O2/c1-17-7-9(6-16-17)2-3-19-13-11(14)4-10(8-18)5-12(13)15/h4-8H,2-3H2,1H3. The highest BCUT2D eigenvalue weighted by Gasteiger charge is 2.12. The number of halogens is 2. The van der Waals surface area contributed by atoms with Crippen LogP contribution in [0.4, 0.5) is 8.78 Å². The fourth-order valence-corrected chi connectivity index (χ4v) is 1.66. The molecule has 0 saturated heterocycles. The molecule has 0 saturated carbocycles. The Hall–Kier alpha value is -2.24. The minimum absolute atomic E-state index is 0.0605. The molecule has 0 aliphatic rings. The lowest BCUT2D eigenvalue weighted by Gasteiger charge is -2.08. The number of aryl methyl sites for hydroxylation is 1. The van der Waals surface area contributed by atoms with Gasteiger partial charge in [0.1, 0.15) is 6.29 Å². The minimum atomic E-state index is -0.881. The van der Waals surface area contributed by atoms with E-state index in [-0.39, 0.29) is 12.2 Å². The molecule has 0 amide bonds. The van der Waals surface area contributed by atoms with Crippen molar-refractivity contribution in [2.75, 3.05) is 6.61 Å². The lowest BCUT2D eigenvalue weighted by Crippen LogP contribution is -2.05. The van der Waals surface area contributed by atoms with E-state index in [0.717, 1.165) is 17.7 Å². The molecular formula is C13H12F2N2O2. The van der Waals surface area contributed by atoms with Crippen LogP contribution in [0.5, 0.6) is 5.75 Å². The van der Waals surface area contributed by atoms with E-state index in [9.17, 15) is 13.6 Å². The van der Waals surface area contributed by atoms with Gasteiger partial charge in [-0.3, -0.25) is 9.48 Å². The molecule has 0 aliphatic heterocycles. The average Bonchev–Trinajstić information content (AvgIpc) is 2.78. The number of benzene rings is 1. The predicted molar refractivity (Wildman–Crippen MR) is 64.2 cm³/mol. The Morgan fingerprint density at radius 2 is 2.05 bits per heavy atom. The largest absolute Gasteiger partial charge is 0.487 e. The maximum atomic E-state index is 13.5. The summed E-state index contributed by atoms with van der Waals surface area (Å²) in [6.07, 6.45) is 4.32. The Bertz CT molecular complexity index is 573. The first-order chi connectivity index (χ1) is 9.10. The molecule has 0 spiro atoms. The number of aromatic nitrogens is 2. The molecule has 100 valence electrons. The van der Waals surface area contributed by atoms with Gasteiger partial charge in [0.05, 0.1) is 12.8 Å². The molecule has 2 aromatic rings. The molecule has 0 atom stereocenters. The predicted octanol–water partition coefficient (Wildman–Crippen LogP) is 2.13. The van der Waals surface area contributed by atoms with E-state index in [1.165, 1.54) is 0 Å². The van der Waals surface area contributed by atoms with Crippen molar-refractivity contribution in [3.63, 3.8) is 0 Å². The molecule has 0 unspecified atom stereocenters. The van der Waals surface area contributed by atoms with Crippen LogP contribution in [-0.4, -0.2) is 22.7 Å². The number of hydrogen-bond acceptors (Lipinski definition) is 3. The van der Waals surface area contributed by atoms with Crippen LogP contribution in [0.3, 0.4) is 0 Å². The zero-order valence-electron chi connectivity index (χ0n) is 10.3. The van der Waals surface area contributed by atoms with E-state index in [2.05, 4.69) is 5.10 Å². The van der Waals surface area contributed by atoms with Gasteiger partial charge in [-0.1, -0.05) is 0 Å². The van der Waals surface area contributed by atoms with Gasteiger partial charge >= 0.3 is 0 Å². The lowest BCUT2D eigenvalue weighted by molar-refractivity contribution is 0.112. The van der Waals surface area contributed by atoms with Crippen LogP contribution in [-0.2, 0) is 13.5 Å². The van der Waals surface area contributed by atoms with Gasteiger partial charge in [-0.15, -0.1) is 0 Å². The van der Waals surface area contributed by atoms with E-state index in [1.54, 1.807) is 24.1 Å². The van der Waals surface area contributed by atoms with Gasteiger partial charge in [0.25, 0.3) is 0 Å². The first kappa shape index (κ1) is 13.2. The van der Waals surface area contributed by atoms with Crippen LogP contribution in [0.2, 0.25) is 0 Å². The van der Waals surface area contributed by atoms with E-state index >= 15 is 0 Å². The van der Waals surface area contributed by atoms with Crippen LogP contribution in [0.15, 0.2) is 24.5 Å². The monoisotopic (exact) mass is 266 g/mol. The first-order valence-corrected chi connectivity index (χ1v) is 5.64. The van der Waals surface area contributed by atoms with Crippen LogP contribution in [0.1, 0.15) is 15.9 Å². The minimum Gasteiger partial charge on any atom is -0.487 e. The molecule has 1 aromatic heterocycles. The summed E-state index contributed by atoms with van der Waals surface area (Å²) in [4.78, 5) is 10.4. The molecule has 0 N–H and O–H groups in total. The Morgan fingerprint density at radius 3 is 2.58 bits per heavy atom. The summed E-state index contributed by atoms with van der Waals surface area (Å²) in [6, 6.07) is 1.88. The van der Waals surface area contributed by atoms with Gasteiger partial charge in [-0.05, 0) is 17.7 Å². The fraction of sp³-hybridized carbons (Fsp3) is 0.231. The van der Waals surface area contributed by atoms with Gasteiger partial charge in [0.2, 0.25) is 0 Å². The third-order valence-electron chi connectivity index (χ3n) is 2.55. The Kier molecular flexibility index (Phi) is 3.89. The maximum Gasteiger partial charge on any atom is 0.190 e. The number of hydrogen-bond donors (Lipinski definition) is 0. The highest BCUT2D eigenvalue weighted by molar-refractivity contribution is 5.75. The Morgan fingerprint density at radius 1 is 1.37 bits per heavy atom. The summed E-state index contributed by atoms with van der Waals surface area (Å²) in [5, 5.41) is 3.97. The number of nitrogens with zero attached hydrogens (tertiary/aromatic N) is 2. The van der Waals surface area contributed by atoms with Gasteiger partial charge in [0, 0.05) is 25.2 Å². The van der Waals surface area contributed by atoms with Gasteiger partial charge in [-0.25, -0.2) is 8.78 Å². The average molecular weight is 266 g/mol. The van der Waals surface area contributed by atoms with Crippen LogP contribution in [0.25, 0.3) is 0 Å². The van der Waals surface area contributed by atoms with Crippen LogP contribution >= 0.6 is 0 Å². The van der Waals surface area contributed by atoms with Crippen LogP contribution < -0.4 is 4.74 Å². The van der Waals surface area contributed by atoms with E-state index < -0.39 is 17.4 Å². The first-order valence-electron chi connectivity index (χ1n) is 5.64. The summed E-state index contributed by atoms with van der Waals surface area (Å²) < 4.78 is 33.7. The van der Waals surface area contributed by atoms with E-state index in [0.29, 0.717) is 12.7 Å². The van der Waals surface area contributed by atoms with Crippen molar-refractivity contribution >= 4 is 6.29 Å². The number of ether oxygens (including phenoxy) is 1. The van der Waals surface area contributed by atoms with E-state index in [1.807, 2.05) is 0 Å². The normalized spacial score (nSPS) is 10.5. The van der Waals surface area contributed by atoms with Crippen molar-refractivity contribution in [1.82, 2.24) is 9.78 Å². The number of rotatable bonds is 5. The van der Waals surface area contributed by atoms with Gasteiger partial charge < -0.3 is 4.74 Å². The zero-order valence-corrected chi connectivity index (χ0v) is 10.3. The van der Waals surface area contributed by atoms with Gasteiger partial charge in [0.15, 0.2) is 17.4 Å². The molecule has 6 heteroatoms. The SMILES string of the molecule is Cn1cc(CCOc2c(F)cc(C=O)cc2F)cn1. The smallest absolute Gasteiger partial charge is 0.190 e. The molecule has 1 heterocycles. The van der Waals surface area contributed by atoms with Crippen molar-refractivity contribution in [3.05, 3.63) is 47.3 Å². The van der Waals surface area contributed by atoms with Crippen molar-refractivity contribution in [3.8, 4) is 5.75 Å². The highest BCUT2D eigenvalue weighted by atomic mass is 19.1. The molecule has 0 fully saturated rings. The topological polar surface area (TPSA) is 44.1 Å². The molecule has 0 radical (unpaired) electrons. The molecule has 0 aliphatic carbocycles. The second kappa shape index (κ2) is 5.60. The number of aldehydes is 1. The summed E-state index contributed by atoms with van der Waals surface area (Å²) in [5.74, 6) is -2.23. The maximum absolute atomic E-state index is 13.5. The molecule has 0 bridgehead atoms. The molecule has 19 heavy (non-hydrogen) atoms. The van der Waals surface area contributed by atoms with Crippen molar-refractivity contribution in [2.45, 2.75) is 6.42 Å². The molecule has 2 rings (SSSR count). The summed E-state index contributed by atoms with van der Waals surface area (Å²) in [7, 11) is 1.78. The quantitative estimate of drug-likeness (QED) is 0.779. The van der Waals surface area contributed by atoms with Crippen molar-refractivity contribution < 1.29 is 18.3 Å². The zero-order chi connectivity index (χ0) is 13.8. The molecule has 1 aromatic carbocycles. The number of carbonyl (C=O) groups is 1. The summed E-state index contributed by atoms with van der Waals surface area (Å²) in [6.45, 7) is 0.125. The third-order valence-corrected chi connectivity index (χ3v) is 2.55. The fourth-order valence-electron chi connectivity index (χ4n) is 1.66. The lowest BCUT2D eigenvalue weighted by atomic mass is 10.2. The summed E-state index contributed by atoms with van der Waals surface area (Å²) in [5.41, 5.74) is 0.849. The van der Waals surface area contributed by atoms with Crippen molar-refractivity contribution in [1.29, 1.82) is 0 Å². The molecule has 4 nitrogen and oxygen atoms in total. The second-order valence-electron chi connectivity index (χ2n) is 4.05. The summed E-state index contributed by atoms with van der Waals surface area (Å²) >= 11 is 0. The second-order valence-corrected chi connectivity index (χ2v) is 4.05. The number of carbonyl (C=O) groups excluding carboxylic acids is 1. The highest BCUT2D eigenvalue weighted by Crippen LogP contribution is 2.22. The third kappa shape index (κ3) is 3.15.